The summed E-state index contributed by atoms with van der Waals surface area (Å²) in [5.74, 6) is 0.00246. The predicted molar refractivity (Wildman–Crippen MR) is 85.7 cm³/mol. The molecular weight excluding hydrogens is 352 g/mol. The summed E-state index contributed by atoms with van der Waals surface area (Å²) in [5, 5.41) is 0. The molecule has 0 aliphatic carbocycles. The van der Waals surface area contributed by atoms with Crippen molar-refractivity contribution in [2.45, 2.75) is 17.6 Å². The summed E-state index contributed by atoms with van der Waals surface area (Å²) in [6.07, 6.45) is 2.79. The van der Waals surface area contributed by atoms with Gasteiger partial charge in [-0.05, 0) is 19.1 Å². The van der Waals surface area contributed by atoms with Gasteiger partial charge in [0.2, 0.25) is 0 Å². The molecule has 5 nitrogen and oxygen atoms in total. The zero-order valence-corrected chi connectivity index (χ0v) is 14.5. The van der Waals surface area contributed by atoms with Gasteiger partial charge in [-0.15, -0.1) is 15.1 Å². The van der Waals surface area contributed by atoms with Gasteiger partial charge in [-0.1, -0.05) is 29.3 Å². The minimum atomic E-state index is -3.95. The van der Waals surface area contributed by atoms with Crippen molar-refractivity contribution in [3.8, 4) is 0 Å². The van der Waals surface area contributed by atoms with Crippen molar-refractivity contribution in [2.24, 2.45) is 3.77 Å². The van der Waals surface area contributed by atoms with Crippen LogP contribution < -0.4 is 0 Å². The fourth-order valence-electron chi connectivity index (χ4n) is 1.60. The van der Waals surface area contributed by atoms with Crippen LogP contribution >= 0.6 is 22.9 Å². The third-order valence-corrected chi connectivity index (χ3v) is 7.57. The lowest BCUT2D eigenvalue weighted by Crippen LogP contribution is -2.06. The number of sulfonamides is 1. The maximum atomic E-state index is 12.4. The van der Waals surface area contributed by atoms with Crippen molar-refractivity contribution in [3.63, 3.8) is 0 Å². The molecule has 1 atom stereocenters. The first-order valence-electron chi connectivity index (χ1n) is 5.81. The van der Waals surface area contributed by atoms with Crippen LogP contribution in [-0.2, 0) is 25.5 Å². The molecule has 1 aromatic carbocycles. The molecular formula is C12H13ClN2O3S3. The van der Waals surface area contributed by atoms with E-state index in [1.165, 1.54) is 24.6 Å². The van der Waals surface area contributed by atoms with Crippen LogP contribution in [0.2, 0.25) is 4.47 Å². The van der Waals surface area contributed by atoms with Gasteiger partial charge >= 0.3 is 0 Å². The summed E-state index contributed by atoms with van der Waals surface area (Å²) in [6, 6.07) is 6.24. The van der Waals surface area contributed by atoms with Crippen molar-refractivity contribution < 1.29 is 12.6 Å². The second-order valence-electron chi connectivity index (χ2n) is 4.55. The monoisotopic (exact) mass is 364 g/mol. The molecule has 1 heterocycles. The van der Waals surface area contributed by atoms with Crippen LogP contribution in [0.5, 0.6) is 0 Å². The molecule has 0 saturated heterocycles. The molecule has 1 unspecified atom stereocenters. The van der Waals surface area contributed by atoms with Gasteiger partial charge < -0.3 is 0 Å². The summed E-state index contributed by atoms with van der Waals surface area (Å²) in [7, 11) is -6.89. The fraction of sp³-hybridized carbons (Fsp3) is 0.250. The minimum Gasteiger partial charge on any atom is -0.249 e. The number of hydrogen-bond donors (Lipinski definition) is 0. The molecule has 0 spiro atoms. The first-order valence-corrected chi connectivity index (χ1v) is 10.5. The van der Waals surface area contributed by atoms with Crippen molar-refractivity contribution in [1.82, 2.24) is 4.98 Å². The Kier molecular flexibility index (Phi) is 4.72. The van der Waals surface area contributed by atoms with E-state index in [-0.39, 0.29) is 10.6 Å². The zero-order valence-electron chi connectivity index (χ0n) is 11.3. The van der Waals surface area contributed by atoms with E-state index in [1.54, 1.807) is 12.1 Å². The molecule has 0 amide bonds. The number of halogens is 1. The third kappa shape index (κ3) is 4.50. The van der Waals surface area contributed by atoms with Crippen molar-refractivity contribution >= 4 is 42.7 Å². The molecule has 2 rings (SSSR count). The van der Waals surface area contributed by atoms with Gasteiger partial charge in [-0.3, -0.25) is 0 Å². The number of thiazole rings is 1. The number of hydrogen-bond acceptors (Lipinski definition) is 5. The standard InChI is InChI=1S/C12H13ClN2O3S3/c1-9-3-5-11(6-4-9)21(17,18)15-20(2,16)8-10-7-14-12(13)19-10/h3-7H,8H2,1-2H3. The van der Waals surface area contributed by atoms with Crippen LogP contribution in [0, 0.1) is 6.92 Å². The van der Waals surface area contributed by atoms with Crippen molar-refractivity contribution in [2.75, 3.05) is 6.26 Å². The Morgan fingerprint density at radius 1 is 1.24 bits per heavy atom. The Bertz CT molecular complexity index is 863. The van der Waals surface area contributed by atoms with Crippen molar-refractivity contribution in [3.05, 3.63) is 45.4 Å². The van der Waals surface area contributed by atoms with Crippen LogP contribution in [0.25, 0.3) is 0 Å². The summed E-state index contributed by atoms with van der Waals surface area (Å²) in [5.41, 5.74) is 0.936. The SMILES string of the molecule is Cc1ccc(S(=O)(=O)N=S(C)(=O)Cc2cnc(Cl)s2)cc1. The zero-order chi connectivity index (χ0) is 15.7. The Morgan fingerprint density at radius 3 is 2.38 bits per heavy atom. The minimum absolute atomic E-state index is 0.00246. The van der Waals surface area contributed by atoms with E-state index in [4.69, 9.17) is 11.6 Å². The van der Waals surface area contributed by atoms with Crippen LogP contribution in [0.3, 0.4) is 0 Å². The molecule has 21 heavy (non-hydrogen) atoms. The third-order valence-electron chi connectivity index (χ3n) is 2.51. The first-order chi connectivity index (χ1) is 9.68. The van der Waals surface area contributed by atoms with Crippen LogP contribution in [-0.4, -0.2) is 23.9 Å². The van der Waals surface area contributed by atoms with E-state index >= 15 is 0 Å². The lowest BCUT2D eigenvalue weighted by atomic mass is 10.2. The molecule has 9 heteroatoms. The normalized spacial score (nSPS) is 14.6. The van der Waals surface area contributed by atoms with Gasteiger partial charge in [0.25, 0.3) is 10.0 Å². The molecule has 2 aromatic rings. The Balaban J connectivity index is 2.35. The average molecular weight is 365 g/mol. The Labute approximate surface area is 133 Å². The quantitative estimate of drug-likeness (QED) is 0.835. The number of rotatable bonds is 4. The van der Waals surface area contributed by atoms with E-state index in [1.807, 2.05) is 6.92 Å². The molecule has 0 aliphatic heterocycles. The molecule has 0 radical (unpaired) electrons. The summed E-state index contributed by atoms with van der Waals surface area (Å²) >= 11 is 6.86. The molecule has 0 saturated carbocycles. The molecule has 0 aliphatic rings. The summed E-state index contributed by atoms with van der Waals surface area (Å²) in [4.78, 5) is 4.50. The van der Waals surface area contributed by atoms with Crippen LogP contribution in [0.4, 0.5) is 0 Å². The fourth-order valence-corrected chi connectivity index (χ4v) is 6.56. The van der Waals surface area contributed by atoms with Gasteiger partial charge in [-0.2, -0.15) is 8.42 Å². The van der Waals surface area contributed by atoms with Crippen LogP contribution in [0.15, 0.2) is 39.1 Å². The van der Waals surface area contributed by atoms with Gasteiger partial charge in [-0.25, -0.2) is 9.19 Å². The Morgan fingerprint density at radius 2 is 1.86 bits per heavy atom. The Hall–Kier alpha value is -0.960. The summed E-state index contributed by atoms with van der Waals surface area (Å²) in [6.45, 7) is 1.85. The highest BCUT2D eigenvalue weighted by molar-refractivity contribution is 8.02. The molecule has 0 fully saturated rings. The average Bonchev–Trinajstić information content (AvgIpc) is 2.72. The predicted octanol–water partition coefficient (Wildman–Crippen LogP) is 3.09. The van der Waals surface area contributed by atoms with Gasteiger partial charge in [0.15, 0.2) is 4.47 Å². The molecule has 0 N–H and O–H groups in total. The second-order valence-corrected chi connectivity index (χ2v) is 10.5. The largest absolute Gasteiger partial charge is 0.290 e. The topological polar surface area (TPSA) is 76.5 Å². The van der Waals surface area contributed by atoms with E-state index in [2.05, 4.69) is 8.75 Å². The highest BCUT2D eigenvalue weighted by Gasteiger charge is 2.17. The van der Waals surface area contributed by atoms with E-state index in [0.717, 1.165) is 16.9 Å². The number of benzene rings is 1. The number of aromatic nitrogens is 1. The van der Waals surface area contributed by atoms with Crippen molar-refractivity contribution in [1.29, 1.82) is 0 Å². The second kappa shape index (κ2) is 6.04. The molecule has 0 bridgehead atoms. The first kappa shape index (κ1) is 16.4. The molecule has 114 valence electrons. The lowest BCUT2D eigenvalue weighted by Gasteiger charge is -2.04. The highest BCUT2D eigenvalue weighted by Crippen LogP contribution is 2.22. The van der Waals surface area contributed by atoms with E-state index < -0.39 is 19.8 Å². The number of nitrogens with zero attached hydrogens (tertiary/aromatic N) is 2. The summed E-state index contributed by atoms with van der Waals surface area (Å²) < 4.78 is 40.7. The van der Waals surface area contributed by atoms with E-state index in [0.29, 0.717) is 9.34 Å². The van der Waals surface area contributed by atoms with Gasteiger partial charge in [0.1, 0.15) is 0 Å². The maximum absolute atomic E-state index is 12.4. The maximum Gasteiger partial charge on any atom is 0.290 e. The van der Waals surface area contributed by atoms with E-state index in [9.17, 15) is 12.6 Å². The molecule has 1 aromatic heterocycles. The highest BCUT2D eigenvalue weighted by atomic mass is 35.5. The van der Waals surface area contributed by atoms with Gasteiger partial charge in [0.05, 0.1) is 20.4 Å². The number of aryl methyl sites for hydroxylation is 1. The lowest BCUT2D eigenvalue weighted by molar-refractivity contribution is 0.598. The van der Waals surface area contributed by atoms with Crippen LogP contribution in [0.1, 0.15) is 10.4 Å². The smallest absolute Gasteiger partial charge is 0.249 e. The van der Waals surface area contributed by atoms with Gasteiger partial charge in [0, 0.05) is 17.3 Å².